The Labute approximate surface area is 124 Å². The average Bonchev–Trinajstić information content (AvgIpc) is 2.55. The van der Waals surface area contributed by atoms with Gasteiger partial charge >= 0.3 is 6.16 Å². The number of ether oxygens (including phenoxy) is 2. The van der Waals surface area contributed by atoms with Crippen molar-refractivity contribution < 1.29 is 18.7 Å². The maximum Gasteiger partial charge on any atom is 0.513 e. The first kappa shape index (κ1) is 13.8. The normalized spacial score (nSPS) is 10.4. The number of fused-ring (bicyclic) bond motifs is 1. The smallest absolute Gasteiger partial charge is 0.437 e. The first-order chi connectivity index (χ1) is 10.7. The van der Waals surface area contributed by atoms with Crippen LogP contribution in [-0.4, -0.2) is 18.2 Å². The van der Waals surface area contributed by atoms with E-state index in [4.69, 9.17) is 9.15 Å². The minimum absolute atomic E-state index is 0.202. The zero-order chi connectivity index (χ0) is 15.5. The second-order valence-electron chi connectivity index (χ2n) is 4.40. The fourth-order valence-corrected chi connectivity index (χ4v) is 1.94. The molecule has 0 spiro atoms. The predicted molar refractivity (Wildman–Crippen MR) is 78.7 cm³/mol. The molecule has 1 aromatic heterocycles. The zero-order valence-electron chi connectivity index (χ0n) is 11.6. The van der Waals surface area contributed by atoms with Gasteiger partial charge in [0.05, 0.1) is 12.5 Å². The lowest BCUT2D eigenvalue weighted by atomic mass is 10.2. The lowest BCUT2D eigenvalue weighted by Gasteiger charge is -2.04. The van der Waals surface area contributed by atoms with Gasteiger partial charge in [-0.2, -0.15) is 4.98 Å². The SMILES string of the molecule is COC(=O)Oc1ccc(-c2nc(=O)c3ccccc3o2)cc1. The van der Waals surface area contributed by atoms with Crippen LogP contribution >= 0.6 is 0 Å². The molecule has 110 valence electrons. The molecule has 2 aromatic carbocycles. The highest BCUT2D eigenvalue weighted by molar-refractivity contribution is 5.76. The summed E-state index contributed by atoms with van der Waals surface area (Å²) in [6.45, 7) is 0. The standard InChI is InChI=1S/C16H11NO5/c1-20-16(19)21-11-8-6-10(7-9-11)15-17-14(18)12-4-2-3-5-13(12)22-15/h2-9H,1H3. The van der Waals surface area contributed by atoms with E-state index in [0.717, 1.165) is 0 Å². The number of para-hydroxylation sites is 1. The van der Waals surface area contributed by atoms with Crippen molar-refractivity contribution in [3.05, 3.63) is 58.9 Å². The molecule has 3 rings (SSSR count). The van der Waals surface area contributed by atoms with Crippen molar-refractivity contribution in [1.29, 1.82) is 0 Å². The van der Waals surface area contributed by atoms with E-state index >= 15 is 0 Å². The Hall–Kier alpha value is -3.15. The summed E-state index contributed by atoms with van der Waals surface area (Å²) >= 11 is 0. The van der Waals surface area contributed by atoms with Crippen LogP contribution < -0.4 is 10.3 Å². The predicted octanol–water partition coefficient (Wildman–Crippen LogP) is 3.00. The third-order valence-corrected chi connectivity index (χ3v) is 3.00. The first-order valence-electron chi connectivity index (χ1n) is 6.43. The Morgan fingerprint density at radius 2 is 1.82 bits per heavy atom. The van der Waals surface area contributed by atoms with Crippen molar-refractivity contribution in [2.24, 2.45) is 0 Å². The second kappa shape index (κ2) is 5.69. The summed E-state index contributed by atoms with van der Waals surface area (Å²) in [6.07, 6.45) is -0.803. The maximum absolute atomic E-state index is 12.0. The van der Waals surface area contributed by atoms with Crippen molar-refractivity contribution in [2.75, 3.05) is 7.11 Å². The summed E-state index contributed by atoms with van der Waals surface area (Å²) in [4.78, 5) is 26.9. The van der Waals surface area contributed by atoms with E-state index < -0.39 is 6.16 Å². The van der Waals surface area contributed by atoms with Gasteiger partial charge in [-0.1, -0.05) is 12.1 Å². The van der Waals surface area contributed by atoms with Crippen LogP contribution in [0.3, 0.4) is 0 Å². The molecule has 0 unspecified atom stereocenters. The van der Waals surface area contributed by atoms with Gasteiger partial charge in [-0.05, 0) is 36.4 Å². The van der Waals surface area contributed by atoms with E-state index in [0.29, 0.717) is 22.3 Å². The van der Waals surface area contributed by atoms with Crippen molar-refractivity contribution in [3.63, 3.8) is 0 Å². The molecule has 6 nitrogen and oxygen atoms in total. The van der Waals surface area contributed by atoms with Crippen LogP contribution in [0.4, 0.5) is 4.79 Å². The summed E-state index contributed by atoms with van der Waals surface area (Å²) in [5.74, 6) is 0.520. The number of benzene rings is 2. The van der Waals surface area contributed by atoms with Crippen LogP contribution in [0.5, 0.6) is 5.75 Å². The Morgan fingerprint density at radius 3 is 2.55 bits per heavy atom. The van der Waals surface area contributed by atoms with Gasteiger partial charge in [-0.15, -0.1) is 0 Å². The second-order valence-corrected chi connectivity index (χ2v) is 4.40. The van der Waals surface area contributed by atoms with Crippen LogP contribution in [0.2, 0.25) is 0 Å². The van der Waals surface area contributed by atoms with E-state index in [-0.39, 0.29) is 11.4 Å². The third-order valence-electron chi connectivity index (χ3n) is 3.00. The molecule has 0 atom stereocenters. The van der Waals surface area contributed by atoms with E-state index in [2.05, 4.69) is 9.72 Å². The van der Waals surface area contributed by atoms with E-state index in [1.54, 1.807) is 48.5 Å². The maximum atomic E-state index is 12.0. The third kappa shape index (κ3) is 2.67. The molecule has 0 fully saturated rings. The average molecular weight is 297 g/mol. The van der Waals surface area contributed by atoms with Crippen LogP contribution in [-0.2, 0) is 4.74 Å². The lowest BCUT2D eigenvalue weighted by molar-refractivity contribution is 0.121. The first-order valence-corrected chi connectivity index (χ1v) is 6.43. The summed E-state index contributed by atoms with van der Waals surface area (Å²) in [5, 5.41) is 0.428. The minimum atomic E-state index is -0.803. The largest absolute Gasteiger partial charge is 0.513 e. The number of carbonyl (C=O) groups excluding carboxylic acids is 1. The minimum Gasteiger partial charge on any atom is -0.437 e. The zero-order valence-corrected chi connectivity index (χ0v) is 11.6. The fourth-order valence-electron chi connectivity index (χ4n) is 1.94. The highest BCUT2D eigenvalue weighted by Crippen LogP contribution is 2.22. The summed E-state index contributed by atoms with van der Waals surface area (Å²) < 4.78 is 14.9. The summed E-state index contributed by atoms with van der Waals surface area (Å²) in [6, 6.07) is 13.3. The van der Waals surface area contributed by atoms with E-state index in [9.17, 15) is 9.59 Å². The number of hydrogen-bond acceptors (Lipinski definition) is 6. The van der Waals surface area contributed by atoms with E-state index in [1.807, 2.05) is 0 Å². The Morgan fingerprint density at radius 1 is 1.09 bits per heavy atom. The van der Waals surface area contributed by atoms with Gasteiger partial charge in [0.25, 0.3) is 5.56 Å². The molecular weight excluding hydrogens is 286 g/mol. The molecule has 0 N–H and O–H groups in total. The van der Waals surface area contributed by atoms with Crippen LogP contribution in [0, 0.1) is 0 Å². The van der Waals surface area contributed by atoms with Gasteiger partial charge < -0.3 is 13.9 Å². The van der Waals surface area contributed by atoms with Crippen LogP contribution in [0.15, 0.2) is 57.7 Å². The molecule has 6 heteroatoms. The Bertz CT molecular complexity index is 883. The number of hydrogen-bond donors (Lipinski definition) is 0. The molecular formula is C16H11NO5. The Kier molecular flexibility index (Phi) is 3.57. The quantitative estimate of drug-likeness (QED) is 0.534. The highest BCUT2D eigenvalue weighted by Gasteiger charge is 2.09. The molecule has 0 amide bonds. The number of rotatable bonds is 2. The van der Waals surface area contributed by atoms with Gasteiger partial charge in [-0.25, -0.2) is 4.79 Å². The molecule has 0 aliphatic rings. The molecule has 0 radical (unpaired) electrons. The monoisotopic (exact) mass is 297 g/mol. The van der Waals surface area contributed by atoms with Crippen molar-refractivity contribution in [2.45, 2.75) is 0 Å². The molecule has 0 aliphatic heterocycles. The number of carbonyl (C=O) groups is 1. The van der Waals surface area contributed by atoms with Crippen molar-refractivity contribution in [3.8, 4) is 17.2 Å². The van der Waals surface area contributed by atoms with Gasteiger partial charge in [0.1, 0.15) is 11.3 Å². The van der Waals surface area contributed by atoms with Gasteiger partial charge in [-0.3, -0.25) is 4.79 Å². The van der Waals surface area contributed by atoms with Gasteiger partial charge in [0.15, 0.2) is 0 Å². The van der Waals surface area contributed by atoms with Gasteiger partial charge in [0.2, 0.25) is 5.89 Å². The number of methoxy groups -OCH3 is 1. The molecule has 22 heavy (non-hydrogen) atoms. The molecule has 0 aliphatic carbocycles. The molecule has 0 bridgehead atoms. The van der Waals surface area contributed by atoms with Crippen molar-refractivity contribution in [1.82, 2.24) is 4.98 Å². The summed E-state index contributed by atoms with van der Waals surface area (Å²) in [5.41, 5.74) is 0.708. The molecule has 0 saturated carbocycles. The Balaban J connectivity index is 1.97. The van der Waals surface area contributed by atoms with Crippen LogP contribution in [0.25, 0.3) is 22.4 Å². The number of nitrogens with zero attached hydrogens (tertiary/aromatic N) is 1. The lowest BCUT2D eigenvalue weighted by Crippen LogP contribution is -2.08. The molecule has 0 saturated heterocycles. The molecule has 3 aromatic rings. The van der Waals surface area contributed by atoms with E-state index in [1.165, 1.54) is 7.11 Å². The van der Waals surface area contributed by atoms with Crippen molar-refractivity contribution >= 4 is 17.1 Å². The molecule has 1 heterocycles. The topological polar surface area (TPSA) is 78.6 Å². The van der Waals surface area contributed by atoms with Gasteiger partial charge in [0, 0.05) is 5.56 Å². The fraction of sp³-hybridized carbons (Fsp3) is 0.0625. The summed E-state index contributed by atoms with van der Waals surface area (Å²) in [7, 11) is 1.23. The highest BCUT2D eigenvalue weighted by atomic mass is 16.7. The van der Waals surface area contributed by atoms with Crippen LogP contribution in [0.1, 0.15) is 0 Å². The number of aromatic nitrogens is 1.